The van der Waals surface area contributed by atoms with Crippen LogP contribution in [0.1, 0.15) is 42.1 Å². The van der Waals surface area contributed by atoms with Crippen molar-refractivity contribution in [3.05, 3.63) is 51.2 Å². The molecule has 0 bridgehead atoms. The molecule has 3 rings (SSSR count). The van der Waals surface area contributed by atoms with Gasteiger partial charge in [-0.15, -0.1) is 0 Å². The number of anilines is 1. The lowest BCUT2D eigenvalue weighted by Gasteiger charge is -2.14. The number of ether oxygens (including phenoxy) is 1. The van der Waals surface area contributed by atoms with Crippen LogP contribution in [0.15, 0.2) is 30.5 Å². The minimum absolute atomic E-state index is 0.0603. The van der Waals surface area contributed by atoms with Crippen molar-refractivity contribution in [2.75, 3.05) is 11.9 Å². The molecule has 1 amide bonds. The Morgan fingerprint density at radius 3 is 2.78 bits per heavy atom. The summed E-state index contributed by atoms with van der Waals surface area (Å²) in [6.07, 6.45) is 5.88. The molecule has 27 heavy (non-hydrogen) atoms. The van der Waals surface area contributed by atoms with Crippen molar-refractivity contribution in [2.45, 2.75) is 31.7 Å². The number of hydrogen-bond donors (Lipinski definition) is 1. The molecular weight excluding hydrogens is 376 g/mol. The molecule has 1 aromatic heterocycles. The zero-order valence-electron chi connectivity index (χ0n) is 14.3. The number of nitrogens with zero attached hydrogens (tertiary/aromatic N) is 3. The Balaban J connectivity index is 1.58. The summed E-state index contributed by atoms with van der Waals surface area (Å²) in [6, 6.07) is 5.48. The zero-order valence-corrected chi connectivity index (χ0v) is 15.0. The molecule has 1 aliphatic carbocycles. The molecule has 0 aliphatic heterocycles. The lowest BCUT2D eigenvalue weighted by Crippen LogP contribution is -2.23. The highest BCUT2D eigenvalue weighted by atomic mass is 35.5. The average molecular weight is 393 g/mol. The molecule has 0 saturated heterocycles. The monoisotopic (exact) mass is 392 g/mol. The molecule has 1 aromatic carbocycles. The SMILES string of the molecule is O=C(COC(=O)c1ccc(Cl)c([N+](=O)[O-])c1)Nc1ccnn1C1CCCC1. The first-order chi connectivity index (χ1) is 13.0. The van der Waals surface area contributed by atoms with Crippen LogP contribution in [-0.2, 0) is 9.53 Å². The number of carbonyl (C=O) groups is 2. The number of carbonyl (C=O) groups excluding carboxylic acids is 2. The first kappa shape index (κ1) is 18.8. The number of halogens is 1. The van der Waals surface area contributed by atoms with E-state index >= 15 is 0 Å². The molecule has 0 atom stereocenters. The van der Waals surface area contributed by atoms with Gasteiger partial charge in [0.25, 0.3) is 11.6 Å². The largest absolute Gasteiger partial charge is 0.452 e. The van der Waals surface area contributed by atoms with E-state index in [1.807, 2.05) is 0 Å². The van der Waals surface area contributed by atoms with E-state index < -0.39 is 29.1 Å². The maximum Gasteiger partial charge on any atom is 0.338 e. The summed E-state index contributed by atoms with van der Waals surface area (Å²) in [5.41, 5.74) is -0.467. The Morgan fingerprint density at radius 2 is 2.07 bits per heavy atom. The predicted octanol–water partition coefficient (Wildman–Crippen LogP) is 3.36. The van der Waals surface area contributed by atoms with Gasteiger partial charge in [0.1, 0.15) is 10.8 Å². The topological polar surface area (TPSA) is 116 Å². The van der Waals surface area contributed by atoms with Gasteiger partial charge in [0.05, 0.1) is 22.7 Å². The maximum absolute atomic E-state index is 12.1. The van der Waals surface area contributed by atoms with Gasteiger partial charge in [-0.2, -0.15) is 5.10 Å². The van der Waals surface area contributed by atoms with Crippen molar-refractivity contribution in [1.29, 1.82) is 0 Å². The molecule has 1 aliphatic rings. The van der Waals surface area contributed by atoms with Crippen LogP contribution >= 0.6 is 11.6 Å². The van der Waals surface area contributed by atoms with Crippen LogP contribution in [-0.4, -0.2) is 33.2 Å². The normalized spacial score (nSPS) is 14.1. The highest BCUT2D eigenvalue weighted by Gasteiger charge is 2.21. The highest BCUT2D eigenvalue weighted by molar-refractivity contribution is 6.32. The molecule has 1 N–H and O–H groups in total. The zero-order chi connectivity index (χ0) is 19.4. The molecule has 10 heteroatoms. The van der Waals surface area contributed by atoms with Crippen LogP contribution < -0.4 is 5.32 Å². The third-order valence-electron chi connectivity index (χ3n) is 4.32. The summed E-state index contributed by atoms with van der Waals surface area (Å²) in [6.45, 7) is -0.523. The second kappa shape index (κ2) is 8.17. The molecule has 1 saturated carbocycles. The summed E-state index contributed by atoms with van der Waals surface area (Å²) in [5, 5.41) is 17.7. The minimum Gasteiger partial charge on any atom is -0.452 e. The Morgan fingerprint density at radius 1 is 1.33 bits per heavy atom. The summed E-state index contributed by atoms with van der Waals surface area (Å²) < 4.78 is 6.71. The number of esters is 1. The highest BCUT2D eigenvalue weighted by Crippen LogP contribution is 2.31. The van der Waals surface area contributed by atoms with Crippen molar-refractivity contribution in [2.24, 2.45) is 0 Å². The first-order valence-electron chi connectivity index (χ1n) is 8.40. The summed E-state index contributed by atoms with van der Waals surface area (Å²) in [7, 11) is 0. The Hall–Kier alpha value is -2.94. The van der Waals surface area contributed by atoms with Crippen LogP contribution in [0.4, 0.5) is 11.5 Å². The van der Waals surface area contributed by atoms with Crippen LogP contribution in [0.5, 0.6) is 0 Å². The summed E-state index contributed by atoms with van der Waals surface area (Å²) >= 11 is 5.71. The Labute approximate surface area is 159 Å². The molecule has 142 valence electrons. The molecule has 2 aromatic rings. The number of aromatic nitrogens is 2. The molecule has 0 unspecified atom stereocenters. The average Bonchev–Trinajstić information content (AvgIpc) is 3.31. The number of amides is 1. The van der Waals surface area contributed by atoms with Gasteiger partial charge in [-0.05, 0) is 25.0 Å². The fourth-order valence-corrected chi connectivity index (χ4v) is 3.21. The maximum atomic E-state index is 12.1. The number of nitro benzene ring substituents is 1. The van der Waals surface area contributed by atoms with Gasteiger partial charge in [0.15, 0.2) is 6.61 Å². The third-order valence-corrected chi connectivity index (χ3v) is 4.64. The summed E-state index contributed by atoms with van der Waals surface area (Å²) in [4.78, 5) is 34.3. The number of rotatable bonds is 6. The second-order valence-corrected chi connectivity index (χ2v) is 6.55. The minimum atomic E-state index is -0.853. The second-order valence-electron chi connectivity index (χ2n) is 6.15. The van der Waals surface area contributed by atoms with Crippen LogP contribution in [0, 0.1) is 10.1 Å². The van der Waals surface area contributed by atoms with Crippen LogP contribution in [0.2, 0.25) is 5.02 Å². The Bertz CT molecular complexity index is 876. The molecule has 0 radical (unpaired) electrons. The van der Waals surface area contributed by atoms with Crippen molar-refractivity contribution < 1.29 is 19.2 Å². The van der Waals surface area contributed by atoms with E-state index in [0.717, 1.165) is 31.7 Å². The van der Waals surface area contributed by atoms with E-state index in [9.17, 15) is 19.7 Å². The van der Waals surface area contributed by atoms with E-state index in [-0.39, 0.29) is 16.6 Å². The molecule has 1 fully saturated rings. The van der Waals surface area contributed by atoms with Crippen molar-refractivity contribution >= 4 is 35.0 Å². The van der Waals surface area contributed by atoms with Crippen molar-refractivity contribution in [1.82, 2.24) is 9.78 Å². The number of nitrogens with one attached hydrogen (secondary N) is 1. The van der Waals surface area contributed by atoms with E-state index in [1.165, 1.54) is 12.1 Å². The lowest BCUT2D eigenvalue weighted by atomic mass is 10.2. The number of benzene rings is 1. The van der Waals surface area contributed by atoms with E-state index in [4.69, 9.17) is 16.3 Å². The van der Waals surface area contributed by atoms with E-state index in [2.05, 4.69) is 10.4 Å². The number of nitro groups is 1. The lowest BCUT2D eigenvalue weighted by molar-refractivity contribution is -0.384. The van der Waals surface area contributed by atoms with Gasteiger partial charge in [-0.3, -0.25) is 14.9 Å². The Kier molecular flexibility index (Phi) is 5.70. The van der Waals surface area contributed by atoms with Gasteiger partial charge in [-0.1, -0.05) is 24.4 Å². The third kappa shape index (κ3) is 4.43. The van der Waals surface area contributed by atoms with Crippen molar-refractivity contribution in [3.8, 4) is 0 Å². The first-order valence-corrected chi connectivity index (χ1v) is 8.78. The molecule has 0 spiro atoms. The summed E-state index contributed by atoms with van der Waals surface area (Å²) in [5.74, 6) is -0.828. The van der Waals surface area contributed by atoms with Crippen LogP contribution in [0.25, 0.3) is 0 Å². The standard InChI is InChI=1S/C17H17ClN4O5/c18-13-6-5-11(9-14(13)22(25)26)17(24)27-10-16(23)20-15-7-8-19-21(15)12-3-1-2-4-12/h5-9,12H,1-4,10H2,(H,20,23). The van der Waals surface area contributed by atoms with Crippen molar-refractivity contribution in [3.63, 3.8) is 0 Å². The number of hydrogen-bond acceptors (Lipinski definition) is 6. The van der Waals surface area contributed by atoms with Gasteiger partial charge >= 0.3 is 5.97 Å². The smallest absolute Gasteiger partial charge is 0.338 e. The van der Waals surface area contributed by atoms with Gasteiger partial charge < -0.3 is 10.1 Å². The molecule has 9 nitrogen and oxygen atoms in total. The van der Waals surface area contributed by atoms with Gasteiger partial charge in [0, 0.05) is 12.1 Å². The quantitative estimate of drug-likeness (QED) is 0.457. The van der Waals surface area contributed by atoms with Crippen LogP contribution in [0.3, 0.4) is 0 Å². The molecule has 1 heterocycles. The predicted molar refractivity (Wildman–Crippen MR) is 96.8 cm³/mol. The van der Waals surface area contributed by atoms with Gasteiger partial charge in [0.2, 0.25) is 0 Å². The molecular formula is C17H17ClN4O5. The van der Waals surface area contributed by atoms with E-state index in [0.29, 0.717) is 5.82 Å². The van der Waals surface area contributed by atoms with Gasteiger partial charge in [-0.25, -0.2) is 9.48 Å². The van der Waals surface area contributed by atoms with E-state index in [1.54, 1.807) is 16.9 Å². The fraction of sp³-hybridized carbons (Fsp3) is 0.353. The fourth-order valence-electron chi connectivity index (χ4n) is 3.03.